The number of unbranched alkanes of at least 4 members (excludes halogenated alkanes) is 1. The van der Waals surface area contributed by atoms with Crippen molar-refractivity contribution in [1.82, 2.24) is 10.2 Å². The maximum Gasteiger partial charge on any atom is 0.234 e. The number of amides is 1. The molecule has 1 amide bonds. The quantitative estimate of drug-likeness (QED) is 0.779. The number of hydrogen-bond acceptors (Lipinski definition) is 6. The number of nitrogens with one attached hydrogen (secondary N) is 1. The van der Waals surface area contributed by atoms with Gasteiger partial charge in [0.2, 0.25) is 25.2 Å². The monoisotopic (exact) mass is 305 g/mol. The van der Waals surface area contributed by atoms with Gasteiger partial charge in [0.15, 0.2) is 0 Å². The molecule has 6 nitrogen and oxygen atoms in total. The lowest BCUT2D eigenvalue weighted by molar-refractivity contribution is -0.116. The van der Waals surface area contributed by atoms with E-state index in [-0.39, 0.29) is 27.0 Å². The standard InChI is InChI=1S/C11H19N3O3S2/c1-4-5-6-19(16,17)11-14-13-10(18-11)12-9(15)7-8(2)3/h8H,4-7H2,1-3H3,(H,12,13,15). The predicted molar refractivity (Wildman–Crippen MR) is 75.0 cm³/mol. The first-order valence-electron chi connectivity index (χ1n) is 6.21. The van der Waals surface area contributed by atoms with Gasteiger partial charge in [-0.05, 0) is 12.3 Å². The van der Waals surface area contributed by atoms with Crippen molar-refractivity contribution in [3.8, 4) is 0 Å². The van der Waals surface area contributed by atoms with Crippen LogP contribution in [0.3, 0.4) is 0 Å². The Morgan fingerprint density at radius 3 is 2.63 bits per heavy atom. The summed E-state index contributed by atoms with van der Waals surface area (Å²) in [5.41, 5.74) is 0. The first kappa shape index (κ1) is 16.0. The average molecular weight is 305 g/mol. The lowest BCUT2D eigenvalue weighted by Gasteiger charge is -2.02. The summed E-state index contributed by atoms with van der Waals surface area (Å²) >= 11 is 0.904. The van der Waals surface area contributed by atoms with Gasteiger partial charge in [0.1, 0.15) is 0 Å². The number of hydrogen-bond donors (Lipinski definition) is 1. The van der Waals surface area contributed by atoms with Gasteiger partial charge in [0, 0.05) is 6.42 Å². The summed E-state index contributed by atoms with van der Waals surface area (Å²) in [5, 5.41) is 10.1. The van der Waals surface area contributed by atoms with Crippen LogP contribution in [-0.4, -0.2) is 30.3 Å². The number of carbonyl (C=O) groups is 1. The Labute approximate surface area is 117 Å². The molecule has 1 rings (SSSR count). The molecule has 108 valence electrons. The molecule has 1 heterocycles. The van der Waals surface area contributed by atoms with Gasteiger partial charge in [-0.3, -0.25) is 4.79 Å². The van der Waals surface area contributed by atoms with Crippen LogP contribution in [0.4, 0.5) is 5.13 Å². The number of aromatic nitrogens is 2. The second kappa shape index (κ2) is 6.95. The maximum atomic E-state index is 11.9. The van der Waals surface area contributed by atoms with E-state index >= 15 is 0 Å². The van der Waals surface area contributed by atoms with Crippen molar-refractivity contribution in [3.05, 3.63) is 0 Å². The predicted octanol–water partition coefficient (Wildman–Crippen LogP) is 2.10. The Balaban J connectivity index is 2.69. The van der Waals surface area contributed by atoms with Crippen LogP contribution >= 0.6 is 11.3 Å². The second-order valence-corrected chi connectivity index (χ2v) is 7.95. The van der Waals surface area contributed by atoms with Crippen molar-refractivity contribution < 1.29 is 13.2 Å². The fraction of sp³-hybridized carbons (Fsp3) is 0.727. The molecule has 0 fully saturated rings. The molecule has 8 heteroatoms. The zero-order valence-electron chi connectivity index (χ0n) is 11.3. The lowest BCUT2D eigenvalue weighted by Crippen LogP contribution is -2.13. The maximum absolute atomic E-state index is 11.9. The van der Waals surface area contributed by atoms with E-state index in [9.17, 15) is 13.2 Å². The largest absolute Gasteiger partial charge is 0.300 e. The molecular weight excluding hydrogens is 286 g/mol. The lowest BCUT2D eigenvalue weighted by atomic mass is 10.1. The first-order chi connectivity index (χ1) is 8.85. The number of anilines is 1. The molecule has 0 saturated heterocycles. The van der Waals surface area contributed by atoms with Gasteiger partial charge in [0.05, 0.1) is 5.75 Å². The molecule has 1 aromatic heterocycles. The van der Waals surface area contributed by atoms with E-state index in [1.165, 1.54) is 0 Å². The molecule has 1 N–H and O–H groups in total. The van der Waals surface area contributed by atoms with Gasteiger partial charge in [-0.25, -0.2) is 8.42 Å². The minimum atomic E-state index is -3.37. The van der Waals surface area contributed by atoms with E-state index in [0.717, 1.165) is 17.8 Å². The van der Waals surface area contributed by atoms with Gasteiger partial charge >= 0.3 is 0 Å². The molecule has 0 radical (unpaired) electrons. The minimum absolute atomic E-state index is 0.0270. The summed E-state index contributed by atoms with van der Waals surface area (Å²) in [5.74, 6) is 0.127. The second-order valence-electron chi connectivity index (χ2n) is 4.69. The van der Waals surface area contributed by atoms with Crippen LogP contribution in [0.25, 0.3) is 0 Å². The van der Waals surface area contributed by atoms with E-state index in [4.69, 9.17) is 0 Å². The van der Waals surface area contributed by atoms with Crippen molar-refractivity contribution in [2.24, 2.45) is 5.92 Å². The van der Waals surface area contributed by atoms with Crippen molar-refractivity contribution in [2.45, 2.75) is 44.4 Å². The molecule has 1 aromatic rings. The highest BCUT2D eigenvalue weighted by molar-refractivity contribution is 7.93. The summed E-state index contributed by atoms with van der Waals surface area (Å²) in [6.45, 7) is 5.79. The van der Waals surface area contributed by atoms with Crippen LogP contribution in [0.2, 0.25) is 0 Å². The van der Waals surface area contributed by atoms with E-state index in [1.807, 2.05) is 20.8 Å². The van der Waals surface area contributed by atoms with Crippen molar-refractivity contribution in [1.29, 1.82) is 0 Å². The van der Waals surface area contributed by atoms with Crippen LogP contribution in [0.5, 0.6) is 0 Å². The van der Waals surface area contributed by atoms with Crippen molar-refractivity contribution >= 4 is 32.2 Å². The summed E-state index contributed by atoms with van der Waals surface area (Å²) in [7, 11) is -3.37. The topological polar surface area (TPSA) is 89.0 Å². The van der Waals surface area contributed by atoms with E-state index in [0.29, 0.717) is 12.8 Å². The molecule has 0 aliphatic carbocycles. The van der Waals surface area contributed by atoms with Crippen LogP contribution in [-0.2, 0) is 14.6 Å². The van der Waals surface area contributed by atoms with E-state index in [2.05, 4.69) is 15.5 Å². The fourth-order valence-electron chi connectivity index (χ4n) is 1.35. The molecule has 19 heavy (non-hydrogen) atoms. The molecule has 0 aliphatic rings. The molecule has 0 aromatic carbocycles. The first-order valence-corrected chi connectivity index (χ1v) is 8.68. The summed E-state index contributed by atoms with van der Waals surface area (Å²) in [6.07, 6.45) is 1.77. The smallest absolute Gasteiger partial charge is 0.234 e. The molecule has 0 unspecified atom stereocenters. The van der Waals surface area contributed by atoms with E-state index < -0.39 is 9.84 Å². The van der Waals surface area contributed by atoms with Crippen molar-refractivity contribution in [2.75, 3.05) is 11.1 Å². The van der Waals surface area contributed by atoms with Crippen molar-refractivity contribution in [3.63, 3.8) is 0 Å². The molecule has 0 atom stereocenters. The molecular formula is C11H19N3O3S2. The number of carbonyl (C=O) groups excluding carboxylic acids is 1. The number of sulfone groups is 1. The van der Waals surface area contributed by atoms with Crippen LogP contribution in [0.15, 0.2) is 4.34 Å². The fourth-order valence-corrected chi connectivity index (χ4v) is 3.85. The summed E-state index contributed by atoms with van der Waals surface area (Å²) < 4.78 is 23.7. The Hall–Kier alpha value is -1.02. The molecule has 0 bridgehead atoms. The zero-order chi connectivity index (χ0) is 14.5. The van der Waals surface area contributed by atoms with Crippen LogP contribution < -0.4 is 5.32 Å². The third kappa shape index (κ3) is 5.23. The summed E-state index contributed by atoms with van der Waals surface area (Å²) in [4.78, 5) is 11.5. The Morgan fingerprint density at radius 2 is 2.05 bits per heavy atom. The Bertz CT molecular complexity index is 523. The normalized spacial score (nSPS) is 11.8. The van der Waals surface area contributed by atoms with Crippen LogP contribution in [0.1, 0.15) is 40.0 Å². The van der Waals surface area contributed by atoms with Gasteiger partial charge in [-0.15, -0.1) is 10.2 Å². The Morgan fingerprint density at radius 1 is 1.37 bits per heavy atom. The molecule has 0 saturated carbocycles. The Kier molecular flexibility index (Phi) is 5.86. The zero-order valence-corrected chi connectivity index (χ0v) is 13.0. The molecule has 0 spiro atoms. The highest BCUT2D eigenvalue weighted by Crippen LogP contribution is 2.22. The highest BCUT2D eigenvalue weighted by Gasteiger charge is 2.20. The summed E-state index contributed by atoms with van der Waals surface area (Å²) in [6, 6.07) is 0. The SMILES string of the molecule is CCCCS(=O)(=O)c1nnc(NC(=O)CC(C)C)s1. The minimum Gasteiger partial charge on any atom is -0.300 e. The third-order valence-electron chi connectivity index (χ3n) is 2.28. The molecule has 0 aliphatic heterocycles. The average Bonchev–Trinajstić information content (AvgIpc) is 2.74. The highest BCUT2D eigenvalue weighted by atomic mass is 32.2. The van der Waals surface area contributed by atoms with E-state index in [1.54, 1.807) is 0 Å². The third-order valence-corrected chi connectivity index (χ3v) is 5.36. The van der Waals surface area contributed by atoms with Gasteiger partial charge in [-0.1, -0.05) is 38.5 Å². The van der Waals surface area contributed by atoms with Gasteiger partial charge in [0.25, 0.3) is 0 Å². The van der Waals surface area contributed by atoms with Gasteiger partial charge < -0.3 is 5.32 Å². The number of rotatable bonds is 7. The van der Waals surface area contributed by atoms with Crippen LogP contribution in [0, 0.1) is 5.92 Å². The van der Waals surface area contributed by atoms with Gasteiger partial charge in [-0.2, -0.15) is 0 Å². The number of nitrogens with zero attached hydrogens (tertiary/aromatic N) is 2.